The summed E-state index contributed by atoms with van der Waals surface area (Å²) in [5.74, 6) is 0.0405. The van der Waals surface area contributed by atoms with E-state index in [9.17, 15) is 5.11 Å². The second-order valence-corrected chi connectivity index (χ2v) is 7.97. The highest BCUT2D eigenvalue weighted by Crippen LogP contribution is 2.34. The Labute approximate surface area is 169 Å². The zero-order chi connectivity index (χ0) is 20.0. The Hall–Kier alpha value is -3.11. The zero-order valence-corrected chi connectivity index (χ0v) is 16.4. The van der Waals surface area contributed by atoms with Gasteiger partial charge >= 0.3 is 0 Å². The molecular weight excluding hydrogens is 366 g/mol. The third-order valence-electron chi connectivity index (χ3n) is 6.10. The molecule has 2 saturated heterocycles. The van der Waals surface area contributed by atoms with Crippen molar-refractivity contribution in [3.05, 3.63) is 35.4 Å². The third-order valence-corrected chi connectivity index (χ3v) is 6.10. The molecule has 0 radical (unpaired) electrons. The molecule has 0 amide bonds. The molecule has 2 atom stereocenters. The van der Waals surface area contributed by atoms with E-state index < -0.39 is 0 Å². The van der Waals surface area contributed by atoms with Gasteiger partial charge in [-0.3, -0.25) is 4.90 Å². The monoisotopic (exact) mass is 389 g/mol. The number of anilines is 1. The number of piperidine rings is 1. The number of pyridine rings is 1. The summed E-state index contributed by atoms with van der Waals surface area (Å²) in [7, 11) is 0. The summed E-state index contributed by atoms with van der Waals surface area (Å²) in [6.45, 7) is 4.23. The summed E-state index contributed by atoms with van der Waals surface area (Å²) in [5.41, 5.74) is 3.55. The van der Waals surface area contributed by atoms with E-state index >= 15 is 0 Å². The number of fused-ring (bicyclic) bond motifs is 2. The first kappa shape index (κ1) is 18.0. The fourth-order valence-electron chi connectivity index (χ4n) is 4.80. The van der Waals surface area contributed by atoms with E-state index in [4.69, 9.17) is 9.68 Å². The summed E-state index contributed by atoms with van der Waals surface area (Å²) in [6.07, 6.45) is 4.79. The van der Waals surface area contributed by atoms with Crippen molar-refractivity contribution in [1.82, 2.24) is 14.9 Å². The van der Waals surface area contributed by atoms with Crippen molar-refractivity contribution in [3.63, 3.8) is 0 Å². The van der Waals surface area contributed by atoms with Crippen LogP contribution in [0.15, 0.2) is 28.7 Å². The van der Waals surface area contributed by atoms with Gasteiger partial charge in [0.05, 0.1) is 17.3 Å². The Bertz CT molecular complexity index is 1090. The van der Waals surface area contributed by atoms with Crippen LogP contribution in [0.4, 0.5) is 6.01 Å². The fraction of sp³-hybridized carbons (Fsp3) is 0.409. The van der Waals surface area contributed by atoms with Crippen molar-refractivity contribution in [1.29, 1.82) is 5.26 Å². The van der Waals surface area contributed by atoms with E-state index in [1.807, 2.05) is 19.1 Å². The van der Waals surface area contributed by atoms with Crippen LogP contribution in [0.25, 0.3) is 22.5 Å². The van der Waals surface area contributed by atoms with E-state index in [0.717, 1.165) is 12.0 Å². The summed E-state index contributed by atoms with van der Waals surface area (Å²) in [5, 5.41) is 23.0. The van der Waals surface area contributed by atoms with Gasteiger partial charge in [-0.2, -0.15) is 10.2 Å². The number of nitrogens with zero attached hydrogens (tertiary/aromatic N) is 4. The van der Waals surface area contributed by atoms with Crippen LogP contribution in [-0.4, -0.2) is 45.1 Å². The molecule has 5 rings (SSSR count). The minimum absolute atomic E-state index is 0.0405. The van der Waals surface area contributed by atoms with Crippen LogP contribution < -0.4 is 5.32 Å². The van der Waals surface area contributed by atoms with Crippen molar-refractivity contribution in [2.24, 2.45) is 0 Å². The van der Waals surface area contributed by atoms with Crippen molar-refractivity contribution >= 4 is 17.2 Å². The Morgan fingerprint density at radius 3 is 2.83 bits per heavy atom. The lowest BCUT2D eigenvalue weighted by Gasteiger charge is -2.36. The molecule has 2 aliphatic heterocycles. The maximum absolute atomic E-state index is 10.4. The molecule has 2 N–H and O–H groups in total. The van der Waals surface area contributed by atoms with Gasteiger partial charge in [-0.05, 0) is 75.5 Å². The molecule has 2 fully saturated rings. The second-order valence-electron chi connectivity index (χ2n) is 7.97. The van der Waals surface area contributed by atoms with Gasteiger partial charge in [0.1, 0.15) is 5.75 Å². The van der Waals surface area contributed by atoms with Gasteiger partial charge < -0.3 is 14.8 Å². The van der Waals surface area contributed by atoms with Gasteiger partial charge in [-0.1, -0.05) is 0 Å². The third kappa shape index (κ3) is 3.19. The maximum atomic E-state index is 10.4. The van der Waals surface area contributed by atoms with E-state index in [1.54, 1.807) is 6.07 Å². The van der Waals surface area contributed by atoms with Crippen LogP contribution in [0.3, 0.4) is 0 Å². The highest BCUT2D eigenvalue weighted by molar-refractivity contribution is 5.78. The highest BCUT2D eigenvalue weighted by Gasteiger charge is 2.35. The first-order valence-electron chi connectivity index (χ1n) is 10.1. The van der Waals surface area contributed by atoms with Crippen LogP contribution >= 0.6 is 0 Å². The van der Waals surface area contributed by atoms with Crippen LogP contribution in [-0.2, 0) is 0 Å². The molecule has 4 heterocycles. The van der Waals surface area contributed by atoms with Crippen LogP contribution in [0, 0.1) is 18.3 Å². The minimum atomic E-state index is 0.0405. The SMILES string of the molecule is Cc1cc(C#N)cc(O)c1-c1ccc2oc(N[C@@H]3CCCN4CCC[C@H]34)nc2n1. The molecule has 2 aromatic heterocycles. The molecule has 7 heteroatoms. The number of rotatable bonds is 3. The normalized spacial score (nSPS) is 21.8. The first-order chi connectivity index (χ1) is 14.1. The Balaban J connectivity index is 1.44. The molecule has 0 unspecified atom stereocenters. The lowest BCUT2D eigenvalue weighted by atomic mass is 9.97. The largest absolute Gasteiger partial charge is 0.507 e. The Morgan fingerprint density at radius 2 is 2.03 bits per heavy atom. The number of benzene rings is 1. The van der Waals surface area contributed by atoms with Crippen molar-refractivity contribution in [3.8, 4) is 23.1 Å². The van der Waals surface area contributed by atoms with Crippen LogP contribution in [0.5, 0.6) is 5.75 Å². The topological polar surface area (TPSA) is 98.2 Å². The number of nitrogens with one attached hydrogen (secondary N) is 1. The van der Waals surface area contributed by atoms with E-state index in [-0.39, 0.29) is 5.75 Å². The van der Waals surface area contributed by atoms with E-state index in [2.05, 4.69) is 26.3 Å². The smallest absolute Gasteiger partial charge is 0.297 e. The molecule has 2 aliphatic rings. The van der Waals surface area contributed by atoms with Gasteiger partial charge in [-0.15, -0.1) is 0 Å². The van der Waals surface area contributed by atoms with Crippen molar-refractivity contribution in [2.45, 2.75) is 44.7 Å². The summed E-state index contributed by atoms with van der Waals surface area (Å²) < 4.78 is 5.90. The van der Waals surface area contributed by atoms with Crippen LogP contribution in [0.2, 0.25) is 0 Å². The van der Waals surface area contributed by atoms with Gasteiger partial charge in [0.15, 0.2) is 5.58 Å². The molecule has 7 nitrogen and oxygen atoms in total. The maximum Gasteiger partial charge on any atom is 0.297 e. The number of phenolic OH excluding ortho intramolecular Hbond substituents is 1. The second kappa shape index (κ2) is 7.05. The Kier molecular flexibility index (Phi) is 4.36. The number of hydrogen-bond acceptors (Lipinski definition) is 7. The number of aromatic hydroxyl groups is 1. The average molecular weight is 389 g/mol. The highest BCUT2D eigenvalue weighted by atomic mass is 16.4. The standard InChI is InChI=1S/C22H23N5O2/c1-13-10-14(12-23)11-18(28)20(13)16-6-7-19-21(24-16)26-22(29-19)25-15-4-2-8-27-9-3-5-17(15)27/h6-7,10-11,15,17,28H,2-5,8-9H2,1H3,(H,24,25,26)/t15-,17-/m1/s1. The number of aromatic nitrogens is 2. The molecule has 29 heavy (non-hydrogen) atoms. The molecule has 1 aromatic carbocycles. The molecular formula is C22H23N5O2. The summed E-state index contributed by atoms with van der Waals surface area (Å²) >= 11 is 0. The van der Waals surface area contributed by atoms with Crippen LogP contribution in [0.1, 0.15) is 36.8 Å². The Morgan fingerprint density at radius 1 is 1.21 bits per heavy atom. The lowest BCUT2D eigenvalue weighted by molar-refractivity contribution is 0.181. The fourth-order valence-corrected chi connectivity index (χ4v) is 4.80. The number of oxazole rings is 1. The molecule has 148 valence electrons. The minimum Gasteiger partial charge on any atom is -0.507 e. The number of nitriles is 1. The predicted molar refractivity (Wildman–Crippen MR) is 110 cm³/mol. The molecule has 0 spiro atoms. The number of aryl methyl sites for hydroxylation is 1. The molecule has 0 aliphatic carbocycles. The quantitative estimate of drug-likeness (QED) is 0.703. The average Bonchev–Trinajstić information content (AvgIpc) is 3.34. The summed E-state index contributed by atoms with van der Waals surface area (Å²) in [6, 6.07) is 10.3. The molecule has 0 saturated carbocycles. The number of phenols is 1. The summed E-state index contributed by atoms with van der Waals surface area (Å²) in [4.78, 5) is 11.7. The van der Waals surface area contributed by atoms with E-state index in [0.29, 0.717) is 46.1 Å². The van der Waals surface area contributed by atoms with Gasteiger partial charge in [-0.25, -0.2) is 4.98 Å². The predicted octanol–water partition coefficient (Wildman–Crippen LogP) is 3.81. The number of hydrogen-bond donors (Lipinski definition) is 2. The van der Waals surface area contributed by atoms with Gasteiger partial charge in [0.2, 0.25) is 5.65 Å². The van der Waals surface area contributed by atoms with E-state index in [1.165, 1.54) is 38.4 Å². The van der Waals surface area contributed by atoms with Gasteiger partial charge in [0, 0.05) is 17.6 Å². The van der Waals surface area contributed by atoms with Crippen molar-refractivity contribution in [2.75, 3.05) is 18.4 Å². The molecule has 3 aromatic rings. The lowest BCUT2D eigenvalue weighted by Crippen LogP contribution is -2.47. The zero-order valence-electron chi connectivity index (χ0n) is 16.4. The molecule has 0 bridgehead atoms. The van der Waals surface area contributed by atoms with Gasteiger partial charge in [0.25, 0.3) is 6.01 Å². The van der Waals surface area contributed by atoms with Crippen molar-refractivity contribution < 1.29 is 9.52 Å². The first-order valence-corrected chi connectivity index (χ1v) is 10.1.